The summed E-state index contributed by atoms with van der Waals surface area (Å²) in [7, 11) is 0. The van der Waals surface area contributed by atoms with Crippen LogP contribution in [0.4, 0.5) is 0 Å². The summed E-state index contributed by atoms with van der Waals surface area (Å²) in [5.74, 6) is -2.64. The summed E-state index contributed by atoms with van der Waals surface area (Å²) in [5.41, 5.74) is 5.36. The molecule has 2 heterocycles. The molecule has 0 fully saturated rings. The van der Waals surface area contributed by atoms with Crippen LogP contribution in [0, 0.1) is 0 Å². The Morgan fingerprint density at radius 2 is 1.07 bits per heavy atom. The zero-order valence-corrected chi connectivity index (χ0v) is 23.9. The fourth-order valence-corrected chi connectivity index (χ4v) is 5.60. The molecule has 0 saturated heterocycles. The van der Waals surface area contributed by atoms with E-state index >= 15 is 0 Å². The van der Waals surface area contributed by atoms with Crippen LogP contribution in [0.25, 0.3) is 0 Å². The van der Waals surface area contributed by atoms with E-state index in [4.69, 9.17) is 10.2 Å². The number of carboxylic acids is 2. The van der Waals surface area contributed by atoms with Crippen LogP contribution in [-0.2, 0) is 22.4 Å². The van der Waals surface area contributed by atoms with Crippen LogP contribution in [-0.4, -0.2) is 65.1 Å². The summed E-state index contributed by atoms with van der Waals surface area (Å²) in [6.07, 6.45) is 3.54. The van der Waals surface area contributed by atoms with Crippen LogP contribution in [0.5, 0.6) is 0 Å². The highest BCUT2D eigenvalue weighted by molar-refractivity contribution is 6.03. The third-order valence-electron chi connectivity index (χ3n) is 7.66. The van der Waals surface area contributed by atoms with Crippen molar-refractivity contribution < 1.29 is 39.0 Å². The largest absolute Gasteiger partial charge is 0.481 e. The van der Waals surface area contributed by atoms with E-state index in [1.54, 1.807) is 60.9 Å². The van der Waals surface area contributed by atoms with Crippen molar-refractivity contribution in [3.63, 3.8) is 0 Å². The monoisotopic (exact) mass is 596 g/mol. The lowest BCUT2D eigenvalue weighted by molar-refractivity contribution is -0.137. The lowest BCUT2D eigenvalue weighted by Gasteiger charge is -2.08. The number of carboxylic acid groups (broad SMARTS) is 2. The Morgan fingerprint density at radius 3 is 1.39 bits per heavy atom. The van der Waals surface area contributed by atoms with E-state index in [2.05, 4.69) is 10.2 Å². The maximum Gasteiger partial charge on any atom is 0.307 e. The van der Waals surface area contributed by atoms with Crippen LogP contribution >= 0.6 is 0 Å². The van der Waals surface area contributed by atoms with Crippen LogP contribution in [0.2, 0.25) is 0 Å². The average molecular weight is 597 g/mol. The molecule has 2 unspecified atom stereocenters. The number of ketones is 2. The molecule has 2 aliphatic rings. The molecule has 224 valence electrons. The van der Waals surface area contributed by atoms with Crippen molar-refractivity contribution in [3.05, 3.63) is 106 Å². The van der Waals surface area contributed by atoms with Crippen molar-refractivity contribution in [1.29, 1.82) is 0 Å². The van der Waals surface area contributed by atoms with E-state index in [0.717, 1.165) is 11.1 Å². The molecule has 4 aromatic rings. The molecule has 2 N–H and O–H groups in total. The Hall–Kier alpha value is -5.52. The fraction of sp³-hybridized carbons (Fsp3) is 0.250. The first-order valence-corrected chi connectivity index (χ1v) is 13.8. The van der Waals surface area contributed by atoms with E-state index in [1.807, 2.05) is 0 Å². The predicted octanol–water partition coefficient (Wildman–Crippen LogP) is 3.78. The minimum atomic E-state index is -0.929. The summed E-state index contributed by atoms with van der Waals surface area (Å²) >= 11 is 0. The first-order chi connectivity index (χ1) is 20.9. The number of hydrogen-bond donors (Lipinski definition) is 2. The van der Waals surface area contributed by atoms with Crippen molar-refractivity contribution in [2.45, 2.75) is 51.4 Å². The highest BCUT2D eigenvalue weighted by atomic mass is 16.4. The van der Waals surface area contributed by atoms with Gasteiger partial charge in [-0.15, -0.1) is 0 Å². The second-order valence-corrected chi connectivity index (χ2v) is 10.8. The number of Topliss-reactive ketones (excluding diaryl/α,β-unsaturated/α-hetero) is 2. The minimum Gasteiger partial charge on any atom is -0.481 e. The number of hydrogen-bond acceptors (Lipinski definition) is 8. The highest BCUT2D eigenvalue weighted by Crippen LogP contribution is 2.39. The molecule has 2 aromatic heterocycles. The van der Waals surface area contributed by atoms with Gasteiger partial charge < -0.3 is 10.2 Å². The minimum absolute atomic E-state index is 0.0235. The van der Waals surface area contributed by atoms with Crippen molar-refractivity contribution >= 4 is 35.3 Å². The molecule has 0 amide bonds. The molecule has 0 radical (unpaired) electrons. The number of fused-ring (bicyclic) bond motifs is 2. The number of aliphatic carboxylic acids is 2. The van der Waals surface area contributed by atoms with Gasteiger partial charge in [0.2, 0.25) is 11.8 Å². The number of aromatic nitrogens is 4. The van der Waals surface area contributed by atoms with Gasteiger partial charge in [0, 0.05) is 62.0 Å². The normalized spacial score (nSPS) is 16.6. The Labute approximate surface area is 250 Å². The molecule has 12 nitrogen and oxygen atoms in total. The second-order valence-electron chi connectivity index (χ2n) is 10.8. The van der Waals surface area contributed by atoms with Gasteiger partial charge in [0.1, 0.15) is 0 Å². The molecule has 2 aliphatic carbocycles. The number of carbonyl (C=O) groups excluding carboxylic acids is 4. The molecule has 0 saturated carbocycles. The maximum atomic E-state index is 12.2. The van der Waals surface area contributed by atoms with Gasteiger partial charge in [-0.25, -0.2) is 9.36 Å². The molecule has 2 atom stereocenters. The molecule has 0 aliphatic heterocycles. The molecule has 2 aromatic carbocycles. The van der Waals surface area contributed by atoms with E-state index in [0.29, 0.717) is 46.5 Å². The van der Waals surface area contributed by atoms with Gasteiger partial charge in [0.15, 0.2) is 11.6 Å². The molecule has 6 rings (SSSR count). The van der Waals surface area contributed by atoms with Gasteiger partial charge in [0.25, 0.3) is 0 Å². The Kier molecular flexibility index (Phi) is 8.17. The summed E-state index contributed by atoms with van der Waals surface area (Å²) in [5, 5.41) is 26.1. The van der Waals surface area contributed by atoms with Crippen LogP contribution in [0.15, 0.2) is 60.9 Å². The SMILES string of the molecule is CC(=O)n1ccc(C2CC(=O)c3cc(CC(=O)O)ccc32)n1.CC(=O)n1ccc(C2CC(=O)c3cc(CC(=O)O)ccc32)n1. The van der Waals surface area contributed by atoms with Gasteiger partial charge in [-0.3, -0.25) is 28.8 Å². The number of nitrogens with zero attached hydrogens (tertiary/aromatic N) is 4. The van der Waals surface area contributed by atoms with Gasteiger partial charge in [-0.2, -0.15) is 10.2 Å². The molecule has 44 heavy (non-hydrogen) atoms. The Morgan fingerprint density at radius 1 is 0.682 bits per heavy atom. The smallest absolute Gasteiger partial charge is 0.307 e. The second kappa shape index (κ2) is 12.0. The van der Waals surface area contributed by atoms with Crippen LogP contribution in [0.3, 0.4) is 0 Å². The van der Waals surface area contributed by atoms with Crippen molar-refractivity contribution in [3.8, 4) is 0 Å². The third kappa shape index (κ3) is 6.14. The Bertz CT molecular complexity index is 1720. The molecule has 0 bridgehead atoms. The third-order valence-corrected chi connectivity index (χ3v) is 7.66. The summed E-state index contributed by atoms with van der Waals surface area (Å²) in [6, 6.07) is 13.8. The molecular weight excluding hydrogens is 568 g/mol. The van der Waals surface area contributed by atoms with Crippen LogP contribution in [0.1, 0.15) is 102 Å². The zero-order valence-electron chi connectivity index (χ0n) is 23.9. The highest BCUT2D eigenvalue weighted by Gasteiger charge is 2.33. The van der Waals surface area contributed by atoms with Crippen molar-refractivity contribution in [2.75, 3.05) is 0 Å². The standard InChI is InChI=1S/2C16H14N2O4/c2*1-9(19)18-5-4-14(17-18)12-8-15(20)13-6-10(7-16(21)22)2-3-11(12)13/h2*2-6,12H,7-8H2,1H3,(H,21,22). The van der Waals surface area contributed by atoms with Gasteiger partial charge in [-0.05, 0) is 46.5 Å². The lowest BCUT2D eigenvalue weighted by Crippen LogP contribution is -2.07. The summed E-state index contributed by atoms with van der Waals surface area (Å²) in [6.45, 7) is 2.84. The first kappa shape index (κ1) is 30.0. The van der Waals surface area contributed by atoms with E-state index in [-0.39, 0.29) is 48.1 Å². The number of benzene rings is 2. The average Bonchev–Trinajstić information content (AvgIpc) is 3.75. The lowest BCUT2D eigenvalue weighted by atomic mass is 9.96. The molecule has 0 spiro atoms. The van der Waals surface area contributed by atoms with Crippen molar-refractivity contribution in [1.82, 2.24) is 19.6 Å². The molecular formula is C32H28N4O8. The Balaban J connectivity index is 0.000000175. The maximum absolute atomic E-state index is 12.2. The van der Waals surface area contributed by atoms with E-state index in [1.165, 1.54) is 23.2 Å². The first-order valence-electron chi connectivity index (χ1n) is 13.8. The summed E-state index contributed by atoms with van der Waals surface area (Å²) in [4.78, 5) is 68.5. The van der Waals surface area contributed by atoms with Gasteiger partial charge in [-0.1, -0.05) is 24.3 Å². The predicted molar refractivity (Wildman–Crippen MR) is 154 cm³/mol. The van der Waals surface area contributed by atoms with Gasteiger partial charge in [0.05, 0.1) is 24.2 Å². The number of rotatable bonds is 6. The van der Waals surface area contributed by atoms with E-state index in [9.17, 15) is 28.8 Å². The topological polar surface area (TPSA) is 179 Å². The zero-order chi connectivity index (χ0) is 31.7. The molecule has 12 heteroatoms. The quantitative estimate of drug-likeness (QED) is 0.333. The van der Waals surface area contributed by atoms with Crippen molar-refractivity contribution in [2.24, 2.45) is 0 Å². The number of carbonyl (C=O) groups is 6. The van der Waals surface area contributed by atoms with Crippen LogP contribution < -0.4 is 0 Å². The summed E-state index contributed by atoms with van der Waals surface area (Å²) < 4.78 is 2.49. The fourth-order valence-electron chi connectivity index (χ4n) is 5.60. The van der Waals surface area contributed by atoms with E-state index < -0.39 is 11.9 Å². The van der Waals surface area contributed by atoms with Gasteiger partial charge >= 0.3 is 11.9 Å².